The van der Waals surface area contributed by atoms with Crippen molar-refractivity contribution < 1.29 is 24.5 Å². The van der Waals surface area contributed by atoms with E-state index in [-0.39, 0.29) is 53.6 Å². The van der Waals surface area contributed by atoms with Crippen molar-refractivity contribution in [2.24, 2.45) is 0 Å². The Morgan fingerprint density at radius 3 is 2.69 bits per heavy atom. The van der Waals surface area contributed by atoms with Crippen LogP contribution in [-0.4, -0.2) is 70.0 Å². The van der Waals surface area contributed by atoms with Crippen LogP contribution in [0.4, 0.5) is 5.69 Å². The summed E-state index contributed by atoms with van der Waals surface area (Å²) < 4.78 is 5.42. The number of carbonyl (C=O) groups excluding carboxylic acids is 1. The van der Waals surface area contributed by atoms with E-state index in [2.05, 4.69) is 0 Å². The number of fused-ring (bicyclic) bond motifs is 1. The standard InChI is InChI=1S/C26H30N4O5.BrH/c1-2-15-9-18(10-21(25(15)34)29-8-7-19(12-29)35-14-23(32)33)22(31)13-30-11-17-5-6-20(16-3-4-16)28-24(17)26(30)27;/h5-6,9-10,16,19,27,34H,2-4,7-8,11-14H2,1H3,(H,32,33);1H. The maximum absolute atomic E-state index is 13.3. The molecule has 1 saturated carbocycles. The number of aromatic nitrogens is 1. The summed E-state index contributed by atoms with van der Waals surface area (Å²) in [5.74, 6) is -0.212. The lowest BCUT2D eigenvalue weighted by molar-refractivity contribution is -0.143. The number of halogens is 1. The molecule has 1 aromatic heterocycles. The highest BCUT2D eigenvalue weighted by Crippen LogP contribution is 2.40. The number of ether oxygens (including phenoxy) is 1. The summed E-state index contributed by atoms with van der Waals surface area (Å²) in [6, 6.07) is 7.50. The van der Waals surface area contributed by atoms with Crippen molar-refractivity contribution in [1.82, 2.24) is 9.88 Å². The van der Waals surface area contributed by atoms with Gasteiger partial charge >= 0.3 is 5.97 Å². The lowest BCUT2D eigenvalue weighted by Crippen LogP contribution is -2.31. The highest BCUT2D eigenvalue weighted by molar-refractivity contribution is 8.93. The van der Waals surface area contributed by atoms with Gasteiger partial charge in [-0.25, -0.2) is 9.78 Å². The van der Waals surface area contributed by atoms with Gasteiger partial charge in [0.25, 0.3) is 0 Å². The van der Waals surface area contributed by atoms with Gasteiger partial charge < -0.3 is 24.7 Å². The van der Waals surface area contributed by atoms with Crippen LogP contribution in [0, 0.1) is 5.41 Å². The van der Waals surface area contributed by atoms with Gasteiger partial charge in [-0.05, 0) is 49.4 Å². The summed E-state index contributed by atoms with van der Waals surface area (Å²) in [5, 5.41) is 28.3. The lowest BCUT2D eigenvalue weighted by Gasteiger charge is -2.23. The van der Waals surface area contributed by atoms with Gasteiger partial charge in [0.1, 0.15) is 23.9 Å². The molecule has 0 amide bonds. The average Bonchev–Trinajstić information content (AvgIpc) is 3.51. The molecule has 1 unspecified atom stereocenters. The number of pyridine rings is 1. The van der Waals surface area contributed by atoms with Gasteiger partial charge in [-0.1, -0.05) is 13.0 Å². The number of aliphatic carboxylic acids is 1. The first-order valence-corrected chi connectivity index (χ1v) is 12.1. The van der Waals surface area contributed by atoms with Gasteiger partial charge in [-0.2, -0.15) is 0 Å². The molecule has 1 aromatic carbocycles. The number of hydrogen-bond donors (Lipinski definition) is 3. The summed E-state index contributed by atoms with van der Waals surface area (Å²) in [6.07, 6.45) is 3.25. The lowest BCUT2D eigenvalue weighted by atomic mass is 10.0. The fourth-order valence-corrected chi connectivity index (χ4v) is 4.90. The zero-order valence-corrected chi connectivity index (χ0v) is 21.9. The number of anilines is 1. The first kappa shape index (κ1) is 26.1. The predicted octanol–water partition coefficient (Wildman–Crippen LogP) is 3.51. The van der Waals surface area contributed by atoms with E-state index in [1.807, 2.05) is 24.0 Å². The Morgan fingerprint density at radius 1 is 1.22 bits per heavy atom. The topological polar surface area (TPSA) is 127 Å². The molecule has 0 spiro atoms. The third kappa shape index (κ3) is 5.24. The molecule has 3 aliphatic rings. The highest BCUT2D eigenvalue weighted by Gasteiger charge is 2.32. The van der Waals surface area contributed by atoms with Gasteiger partial charge in [0.15, 0.2) is 5.78 Å². The maximum atomic E-state index is 13.3. The molecular weight excluding hydrogens is 528 g/mol. The van der Waals surface area contributed by atoms with Crippen LogP contribution in [0.5, 0.6) is 5.75 Å². The van der Waals surface area contributed by atoms with Crippen molar-refractivity contribution in [1.29, 1.82) is 5.41 Å². The number of phenols is 1. The summed E-state index contributed by atoms with van der Waals surface area (Å²) in [6.45, 7) is 3.16. The number of benzene rings is 1. The van der Waals surface area contributed by atoms with Crippen LogP contribution >= 0.6 is 17.0 Å². The molecule has 2 aromatic rings. The molecule has 192 valence electrons. The number of nitrogens with one attached hydrogen (secondary N) is 1. The number of carboxylic acid groups (broad SMARTS) is 1. The van der Waals surface area contributed by atoms with Crippen LogP contribution in [0.2, 0.25) is 0 Å². The van der Waals surface area contributed by atoms with Crippen molar-refractivity contribution in [3.8, 4) is 5.75 Å². The third-order valence-electron chi connectivity index (χ3n) is 7.03. The van der Waals surface area contributed by atoms with Crippen LogP contribution in [0.25, 0.3) is 0 Å². The molecule has 0 bridgehead atoms. The van der Waals surface area contributed by atoms with E-state index < -0.39 is 5.97 Å². The SMILES string of the molecule is Br.CCc1cc(C(=O)CN2Cc3ccc(C4CC4)nc3C2=N)cc(N2CCC(OCC(=O)O)C2)c1O. The van der Waals surface area contributed by atoms with Crippen LogP contribution < -0.4 is 4.90 Å². The highest BCUT2D eigenvalue weighted by atomic mass is 79.9. The molecule has 2 fully saturated rings. The molecule has 3 heterocycles. The number of Topliss-reactive ketones (excluding diaryl/α,β-unsaturated/α-hetero) is 1. The van der Waals surface area contributed by atoms with Crippen molar-refractivity contribution in [3.05, 3.63) is 52.3 Å². The molecule has 3 N–H and O–H groups in total. The van der Waals surface area contributed by atoms with E-state index in [1.165, 1.54) is 0 Å². The molecule has 1 aliphatic carbocycles. The monoisotopic (exact) mass is 558 g/mol. The second kappa shape index (κ2) is 10.6. The van der Waals surface area contributed by atoms with Crippen LogP contribution in [0.15, 0.2) is 24.3 Å². The number of aromatic hydroxyl groups is 1. The second-order valence-electron chi connectivity index (χ2n) is 9.56. The van der Waals surface area contributed by atoms with Crippen molar-refractivity contribution in [2.75, 3.05) is 31.1 Å². The zero-order chi connectivity index (χ0) is 24.7. The second-order valence-corrected chi connectivity index (χ2v) is 9.56. The quantitative estimate of drug-likeness (QED) is 0.399. The number of carboxylic acids is 1. The Hall–Kier alpha value is -2.98. The summed E-state index contributed by atoms with van der Waals surface area (Å²) in [5.41, 5.74) is 4.40. The Labute approximate surface area is 220 Å². The summed E-state index contributed by atoms with van der Waals surface area (Å²) >= 11 is 0. The van der Waals surface area contributed by atoms with E-state index in [0.29, 0.717) is 60.9 Å². The van der Waals surface area contributed by atoms with E-state index in [9.17, 15) is 14.7 Å². The van der Waals surface area contributed by atoms with Gasteiger partial charge in [0.05, 0.1) is 18.3 Å². The Balaban J connectivity index is 0.00000304. The molecule has 9 nitrogen and oxygen atoms in total. The van der Waals surface area contributed by atoms with Crippen LogP contribution in [-0.2, 0) is 22.5 Å². The van der Waals surface area contributed by atoms with Crippen molar-refractivity contribution >= 4 is 40.3 Å². The Morgan fingerprint density at radius 2 is 2.00 bits per heavy atom. The molecule has 36 heavy (non-hydrogen) atoms. The number of rotatable bonds is 9. The third-order valence-corrected chi connectivity index (χ3v) is 7.03. The van der Waals surface area contributed by atoms with E-state index in [4.69, 9.17) is 20.2 Å². The number of aryl methyl sites for hydroxylation is 1. The van der Waals surface area contributed by atoms with E-state index in [0.717, 1.165) is 24.1 Å². The normalized spacial score (nSPS) is 18.8. The number of phenolic OH excluding ortho intramolecular Hbond substituents is 1. The smallest absolute Gasteiger partial charge is 0.329 e. The number of ketones is 1. The van der Waals surface area contributed by atoms with Gasteiger partial charge in [-0.3, -0.25) is 10.2 Å². The van der Waals surface area contributed by atoms with Crippen LogP contribution in [0.3, 0.4) is 0 Å². The largest absolute Gasteiger partial charge is 0.505 e. The minimum Gasteiger partial charge on any atom is -0.505 e. The maximum Gasteiger partial charge on any atom is 0.329 e. The molecule has 1 saturated heterocycles. The number of amidine groups is 1. The van der Waals surface area contributed by atoms with Crippen molar-refractivity contribution in [2.45, 2.75) is 51.2 Å². The minimum absolute atomic E-state index is 0. The number of hydrogen-bond acceptors (Lipinski definition) is 7. The molecule has 5 rings (SSSR count). The predicted molar refractivity (Wildman–Crippen MR) is 140 cm³/mol. The number of carbonyl (C=O) groups is 2. The Bertz CT molecular complexity index is 1200. The molecular formula is C26H31BrN4O5. The van der Waals surface area contributed by atoms with E-state index in [1.54, 1.807) is 17.0 Å². The summed E-state index contributed by atoms with van der Waals surface area (Å²) in [4.78, 5) is 32.5. The number of nitrogens with zero attached hydrogens (tertiary/aromatic N) is 3. The van der Waals surface area contributed by atoms with Crippen molar-refractivity contribution in [3.63, 3.8) is 0 Å². The first-order chi connectivity index (χ1) is 16.8. The fraction of sp³-hybridized carbons (Fsp3) is 0.462. The van der Waals surface area contributed by atoms with Crippen LogP contribution in [0.1, 0.15) is 65.0 Å². The van der Waals surface area contributed by atoms with Gasteiger partial charge in [-0.15, -0.1) is 17.0 Å². The van der Waals surface area contributed by atoms with Gasteiger partial charge in [0.2, 0.25) is 0 Å². The minimum atomic E-state index is -1.01. The summed E-state index contributed by atoms with van der Waals surface area (Å²) in [7, 11) is 0. The van der Waals surface area contributed by atoms with E-state index >= 15 is 0 Å². The molecule has 0 radical (unpaired) electrons. The Kier molecular flexibility index (Phi) is 7.65. The average molecular weight is 559 g/mol. The fourth-order valence-electron chi connectivity index (χ4n) is 4.90. The van der Waals surface area contributed by atoms with Gasteiger partial charge in [0, 0.05) is 42.4 Å². The first-order valence-electron chi connectivity index (χ1n) is 12.1. The molecule has 2 aliphatic heterocycles. The molecule has 10 heteroatoms. The zero-order valence-electron chi connectivity index (χ0n) is 20.2. The molecule has 1 atom stereocenters.